The van der Waals surface area contributed by atoms with Gasteiger partial charge in [-0.15, -0.1) is 0 Å². The summed E-state index contributed by atoms with van der Waals surface area (Å²) in [7, 11) is 0. The Labute approximate surface area is 140 Å². The molecular weight excluding hydrogens is 316 g/mol. The van der Waals surface area contributed by atoms with E-state index in [1.807, 2.05) is 0 Å². The number of carbonyl (C=O) groups is 2. The Hall–Kier alpha value is -3.16. The van der Waals surface area contributed by atoms with E-state index in [9.17, 15) is 9.59 Å². The highest BCUT2D eigenvalue weighted by Crippen LogP contribution is 2.14. The van der Waals surface area contributed by atoms with Crippen molar-refractivity contribution in [1.29, 1.82) is 0 Å². The molecule has 0 bridgehead atoms. The van der Waals surface area contributed by atoms with E-state index >= 15 is 0 Å². The minimum atomic E-state index is -0.606. The van der Waals surface area contributed by atoms with E-state index in [1.165, 1.54) is 12.5 Å². The molecule has 0 atom stereocenters. The van der Waals surface area contributed by atoms with E-state index in [0.717, 1.165) is 0 Å². The normalized spacial score (nSPS) is 9.33. The van der Waals surface area contributed by atoms with Gasteiger partial charge in [-0.3, -0.25) is 10.6 Å². The SMILES string of the molecule is C=COCCOC(=O)Nc1ccc(NC(=O)OCCOC=C)cc1. The zero-order valence-corrected chi connectivity index (χ0v) is 13.2. The van der Waals surface area contributed by atoms with Crippen LogP contribution in [0.1, 0.15) is 0 Å². The number of nitrogens with one attached hydrogen (secondary N) is 2. The van der Waals surface area contributed by atoms with Gasteiger partial charge in [0.1, 0.15) is 26.4 Å². The van der Waals surface area contributed by atoms with Gasteiger partial charge in [0, 0.05) is 11.4 Å². The Morgan fingerprint density at radius 3 is 1.50 bits per heavy atom. The molecule has 0 spiro atoms. The van der Waals surface area contributed by atoms with Crippen LogP contribution in [-0.2, 0) is 18.9 Å². The third-order valence-corrected chi connectivity index (χ3v) is 2.48. The molecular formula is C16H20N2O6. The third-order valence-electron chi connectivity index (χ3n) is 2.48. The van der Waals surface area contributed by atoms with Crippen LogP contribution in [0.25, 0.3) is 0 Å². The zero-order chi connectivity index (χ0) is 17.6. The molecule has 0 saturated heterocycles. The van der Waals surface area contributed by atoms with Crippen molar-refractivity contribution in [2.75, 3.05) is 37.1 Å². The molecule has 1 aromatic carbocycles. The molecule has 0 aromatic heterocycles. The molecule has 1 rings (SSSR count). The Morgan fingerprint density at radius 2 is 1.17 bits per heavy atom. The van der Waals surface area contributed by atoms with E-state index in [0.29, 0.717) is 11.4 Å². The van der Waals surface area contributed by atoms with Gasteiger partial charge in [-0.2, -0.15) is 0 Å². The number of benzene rings is 1. The van der Waals surface area contributed by atoms with Crippen molar-refractivity contribution >= 4 is 23.6 Å². The molecule has 0 saturated carbocycles. The first-order chi connectivity index (χ1) is 11.7. The maximum absolute atomic E-state index is 11.5. The number of amides is 2. The van der Waals surface area contributed by atoms with Gasteiger partial charge in [-0.1, -0.05) is 13.2 Å². The van der Waals surface area contributed by atoms with Crippen molar-refractivity contribution in [2.45, 2.75) is 0 Å². The molecule has 0 aliphatic carbocycles. The summed E-state index contributed by atoms with van der Waals surface area (Å²) in [5.74, 6) is 0. The smallest absolute Gasteiger partial charge is 0.411 e. The first kappa shape index (κ1) is 18.9. The van der Waals surface area contributed by atoms with Crippen molar-refractivity contribution in [3.05, 3.63) is 49.9 Å². The van der Waals surface area contributed by atoms with Gasteiger partial charge < -0.3 is 18.9 Å². The number of rotatable bonds is 10. The van der Waals surface area contributed by atoms with Crippen molar-refractivity contribution in [3.8, 4) is 0 Å². The number of hydrogen-bond donors (Lipinski definition) is 2. The summed E-state index contributed by atoms with van der Waals surface area (Å²) >= 11 is 0. The second-order valence-corrected chi connectivity index (χ2v) is 4.17. The molecule has 8 heteroatoms. The lowest BCUT2D eigenvalue weighted by molar-refractivity contribution is 0.123. The van der Waals surface area contributed by atoms with Crippen LogP contribution in [0, 0.1) is 0 Å². The van der Waals surface area contributed by atoms with E-state index < -0.39 is 12.2 Å². The lowest BCUT2D eigenvalue weighted by Crippen LogP contribution is -2.17. The topological polar surface area (TPSA) is 95.1 Å². The summed E-state index contributed by atoms with van der Waals surface area (Å²) in [4.78, 5) is 23.0. The summed E-state index contributed by atoms with van der Waals surface area (Å²) in [5, 5.41) is 5.07. The van der Waals surface area contributed by atoms with E-state index in [2.05, 4.69) is 23.8 Å². The van der Waals surface area contributed by atoms with Crippen LogP contribution in [0.3, 0.4) is 0 Å². The number of ether oxygens (including phenoxy) is 4. The maximum Gasteiger partial charge on any atom is 0.411 e. The predicted molar refractivity (Wildman–Crippen MR) is 88.7 cm³/mol. The van der Waals surface area contributed by atoms with Crippen LogP contribution < -0.4 is 10.6 Å². The van der Waals surface area contributed by atoms with Crippen molar-refractivity contribution in [2.24, 2.45) is 0 Å². The number of carbonyl (C=O) groups excluding carboxylic acids is 2. The van der Waals surface area contributed by atoms with Gasteiger partial charge in [-0.05, 0) is 24.3 Å². The minimum absolute atomic E-state index is 0.110. The Balaban J connectivity index is 2.31. The molecule has 0 aliphatic heterocycles. The first-order valence-electron chi connectivity index (χ1n) is 7.08. The van der Waals surface area contributed by atoms with Gasteiger partial charge in [0.05, 0.1) is 12.5 Å². The Kier molecular flexibility index (Phi) is 8.98. The summed E-state index contributed by atoms with van der Waals surface area (Å²) in [6.07, 6.45) is 1.32. The second kappa shape index (κ2) is 11.4. The van der Waals surface area contributed by atoms with Crippen LogP contribution in [0.2, 0.25) is 0 Å². The molecule has 0 radical (unpaired) electrons. The van der Waals surface area contributed by atoms with Crippen LogP contribution in [-0.4, -0.2) is 38.6 Å². The average molecular weight is 336 g/mol. The van der Waals surface area contributed by atoms with Crippen LogP contribution >= 0.6 is 0 Å². The lowest BCUT2D eigenvalue weighted by Gasteiger charge is -2.09. The molecule has 0 unspecified atom stereocenters. The first-order valence-corrected chi connectivity index (χ1v) is 7.08. The fourth-order valence-electron chi connectivity index (χ4n) is 1.48. The summed E-state index contributed by atoms with van der Waals surface area (Å²) in [6.45, 7) is 7.43. The highest BCUT2D eigenvalue weighted by Gasteiger charge is 2.05. The molecule has 2 amide bonds. The molecule has 0 heterocycles. The zero-order valence-electron chi connectivity index (χ0n) is 13.2. The summed E-state index contributed by atoms with van der Waals surface area (Å²) in [5.41, 5.74) is 1.03. The highest BCUT2D eigenvalue weighted by atomic mass is 16.6. The predicted octanol–water partition coefficient (Wildman–Crippen LogP) is 3.10. The van der Waals surface area contributed by atoms with Gasteiger partial charge >= 0.3 is 12.2 Å². The Bertz CT molecular complexity index is 495. The van der Waals surface area contributed by atoms with Crippen LogP contribution in [0.15, 0.2) is 49.9 Å². The standard InChI is InChI=1S/C16H20N2O6/c1-3-21-9-11-23-15(19)17-13-5-7-14(8-6-13)18-16(20)24-12-10-22-4-2/h3-8H,1-2,9-12H2,(H,17,19)(H,18,20). The van der Waals surface area contributed by atoms with Crippen molar-refractivity contribution < 1.29 is 28.5 Å². The fourth-order valence-corrected chi connectivity index (χ4v) is 1.48. The number of hydrogen-bond acceptors (Lipinski definition) is 6. The van der Waals surface area contributed by atoms with Crippen LogP contribution in [0.5, 0.6) is 0 Å². The number of anilines is 2. The van der Waals surface area contributed by atoms with Gasteiger partial charge in [0.25, 0.3) is 0 Å². The largest absolute Gasteiger partial charge is 0.498 e. The molecule has 0 fully saturated rings. The summed E-state index contributed by atoms with van der Waals surface area (Å²) < 4.78 is 19.4. The second-order valence-electron chi connectivity index (χ2n) is 4.17. The lowest BCUT2D eigenvalue weighted by atomic mass is 10.3. The maximum atomic E-state index is 11.5. The van der Waals surface area contributed by atoms with Gasteiger partial charge in [0.15, 0.2) is 0 Å². The highest BCUT2D eigenvalue weighted by molar-refractivity contribution is 5.87. The molecule has 2 N–H and O–H groups in total. The van der Waals surface area contributed by atoms with Crippen molar-refractivity contribution in [3.63, 3.8) is 0 Å². The van der Waals surface area contributed by atoms with E-state index in [-0.39, 0.29) is 26.4 Å². The molecule has 130 valence electrons. The van der Waals surface area contributed by atoms with Gasteiger partial charge in [-0.25, -0.2) is 9.59 Å². The van der Waals surface area contributed by atoms with E-state index in [1.54, 1.807) is 24.3 Å². The quantitative estimate of drug-likeness (QED) is 0.503. The third kappa shape index (κ3) is 8.32. The molecule has 24 heavy (non-hydrogen) atoms. The molecule has 8 nitrogen and oxygen atoms in total. The Morgan fingerprint density at radius 1 is 0.792 bits per heavy atom. The van der Waals surface area contributed by atoms with Crippen LogP contribution in [0.4, 0.5) is 21.0 Å². The monoisotopic (exact) mass is 336 g/mol. The van der Waals surface area contributed by atoms with Gasteiger partial charge in [0.2, 0.25) is 0 Å². The summed E-state index contributed by atoms with van der Waals surface area (Å²) in [6, 6.07) is 6.44. The minimum Gasteiger partial charge on any atom is -0.498 e. The molecule has 1 aromatic rings. The van der Waals surface area contributed by atoms with E-state index in [4.69, 9.17) is 18.9 Å². The van der Waals surface area contributed by atoms with Crippen molar-refractivity contribution in [1.82, 2.24) is 0 Å². The average Bonchev–Trinajstić information content (AvgIpc) is 2.57. The fraction of sp³-hybridized carbons (Fsp3) is 0.250. The molecule has 0 aliphatic rings.